The van der Waals surface area contributed by atoms with Crippen molar-refractivity contribution < 1.29 is 5.11 Å². The first kappa shape index (κ1) is 9.99. The van der Waals surface area contributed by atoms with Crippen molar-refractivity contribution in [2.45, 2.75) is 6.61 Å². The predicted octanol–water partition coefficient (Wildman–Crippen LogP) is 1.91. The third-order valence-corrected chi connectivity index (χ3v) is 2.81. The maximum atomic E-state index is 9.28. The summed E-state index contributed by atoms with van der Waals surface area (Å²) in [6.07, 6.45) is 5.19. The summed E-state index contributed by atoms with van der Waals surface area (Å²) < 4.78 is 1.98. The van der Waals surface area contributed by atoms with E-state index in [1.54, 1.807) is 6.20 Å². The number of nitrogens with zero attached hydrogens (tertiary/aromatic N) is 3. The largest absolute Gasteiger partial charge is 0.392 e. The van der Waals surface area contributed by atoms with Crippen molar-refractivity contribution in [1.29, 1.82) is 0 Å². The Morgan fingerprint density at radius 3 is 2.88 bits per heavy atom. The van der Waals surface area contributed by atoms with Crippen LogP contribution in [0.5, 0.6) is 0 Å². The van der Waals surface area contributed by atoms with Crippen LogP contribution >= 0.6 is 0 Å². The number of aliphatic hydroxyl groups is 1. The number of hydrogen-bond acceptors (Lipinski definition) is 3. The average Bonchev–Trinajstić information content (AvgIpc) is 2.83. The topological polar surface area (TPSA) is 50.9 Å². The van der Waals surface area contributed by atoms with Gasteiger partial charge in [-0.15, -0.1) is 0 Å². The lowest BCUT2D eigenvalue weighted by molar-refractivity contribution is 0.283. The van der Waals surface area contributed by atoms with Crippen LogP contribution in [0.2, 0.25) is 0 Å². The summed E-state index contributed by atoms with van der Waals surface area (Å²) in [4.78, 5) is 8.12. The first-order valence-electron chi connectivity index (χ1n) is 5.36. The van der Waals surface area contributed by atoms with Crippen LogP contribution in [0.25, 0.3) is 16.7 Å². The molecule has 0 amide bonds. The minimum atomic E-state index is 0.0468. The van der Waals surface area contributed by atoms with Crippen LogP contribution in [-0.4, -0.2) is 19.6 Å². The molecule has 0 fully saturated rings. The fourth-order valence-corrected chi connectivity index (χ4v) is 2.00. The molecule has 3 aromatic rings. The van der Waals surface area contributed by atoms with Gasteiger partial charge in [-0.1, -0.05) is 12.1 Å². The van der Waals surface area contributed by atoms with E-state index in [0.717, 1.165) is 22.3 Å². The lowest BCUT2D eigenvalue weighted by Gasteiger charge is -2.04. The van der Waals surface area contributed by atoms with E-state index in [9.17, 15) is 5.11 Å². The van der Waals surface area contributed by atoms with E-state index in [1.807, 2.05) is 41.1 Å². The molecule has 0 saturated carbocycles. The summed E-state index contributed by atoms with van der Waals surface area (Å²) in [6.45, 7) is 0.0468. The predicted molar refractivity (Wildman–Crippen MR) is 64.8 cm³/mol. The molecule has 2 aromatic heterocycles. The Morgan fingerprint density at radius 1 is 1.18 bits per heavy atom. The van der Waals surface area contributed by atoms with Crippen molar-refractivity contribution in [1.82, 2.24) is 14.5 Å². The normalized spacial score (nSPS) is 10.9. The summed E-state index contributed by atoms with van der Waals surface area (Å²) in [5.41, 5.74) is 1.96. The molecule has 0 aliphatic heterocycles. The summed E-state index contributed by atoms with van der Waals surface area (Å²) in [6, 6.07) is 9.71. The van der Waals surface area contributed by atoms with Gasteiger partial charge in [-0.25, -0.2) is 9.97 Å². The second-order valence-electron chi connectivity index (χ2n) is 3.76. The Hall–Kier alpha value is -2.20. The van der Waals surface area contributed by atoms with E-state index in [1.165, 1.54) is 6.33 Å². The van der Waals surface area contributed by atoms with Gasteiger partial charge >= 0.3 is 0 Å². The third-order valence-electron chi connectivity index (χ3n) is 2.81. The highest BCUT2D eigenvalue weighted by Gasteiger charge is 2.06. The van der Waals surface area contributed by atoms with Crippen molar-refractivity contribution in [3.05, 3.63) is 54.6 Å². The van der Waals surface area contributed by atoms with E-state index in [0.29, 0.717) is 0 Å². The second-order valence-corrected chi connectivity index (χ2v) is 3.76. The maximum Gasteiger partial charge on any atom is 0.140 e. The molecule has 3 rings (SSSR count). The summed E-state index contributed by atoms with van der Waals surface area (Å²) in [7, 11) is 0. The second kappa shape index (κ2) is 3.99. The molecule has 4 heteroatoms. The molecular weight excluding hydrogens is 214 g/mol. The Labute approximate surface area is 98.2 Å². The summed E-state index contributed by atoms with van der Waals surface area (Å²) in [5, 5.41) is 10.3. The lowest BCUT2D eigenvalue weighted by atomic mass is 10.1. The molecule has 0 aliphatic rings. The molecule has 0 spiro atoms. The smallest absolute Gasteiger partial charge is 0.140 e. The van der Waals surface area contributed by atoms with Gasteiger partial charge < -0.3 is 9.67 Å². The molecule has 1 N–H and O–H groups in total. The summed E-state index contributed by atoms with van der Waals surface area (Å²) in [5.74, 6) is 0.824. The first-order chi connectivity index (χ1) is 8.40. The van der Waals surface area contributed by atoms with Crippen LogP contribution in [-0.2, 0) is 6.61 Å². The number of benzene rings is 1. The zero-order valence-electron chi connectivity index (χ0n) is 9.11. The fraction of sp³-hybridized carbons (Fsp3) is 0.0769. The molecule has 4 nitrogen and oxygen atoms in total. The minimum Gasteiger partial charge on any atom is -0.392 e. The van der Waals surface area contributed by atoms with Crippen molar-refractivity contribution in [2.75, 3.05) is 0 Å². The average molecular weight is 225 g/mol. The van der Waals surface area contributed by atoms with Crippen LogP contribution in [0.15, 0.2) is 49.1 Å². The monoisotopic (exact) mass is 225 g/mol. The van der Waals surface area contributed by atoms with Crippen LogP contribution in [0, 0.1) is 0 Å². The third kappa shape index (κ3) is 1.59. The Bertz CT molecular complexity index is 646. The molecule has 0 atom stereocenters. The standard InChI is InChI=1S/C13H11N3O/c17-8-10-2-1-3-12-11(10)5-7-16(12)13-4-6-14-9-15-13/h1-7,9,17H,8H2. The van der Waals surface area contributed by atoms with Crippen molar-refractivity contribution in [2.24, 2.45) is 0 Å². The van der Waals surface area contributed by atoms with E-state index in [-0.39, 0.29) is 6.61 Å². The van der Waals surface area contributed by atoms with E-state index < -0.39 is 0 Å². The van der Waals surface area contributed by atoms with E-state index >= 15 is 0 Å². The number of fused-ring (bicyclic) bond motifs is 1. The van der Waals surface area contributed by atoms with Gasteiger partial charge in [0.25, 0.3) is 0 Å². The SMILES string of the molecule is OCc1cccc2c1ccn2-c1ccncn1. The molecule has 84 valence electrons. The minimum absolute atomic E-state index is 0.0468. The zero-order valence-corrected chi connectivity index (χ0v) is 9.11. The Morgan fingerprint density at radius 2 is 2.12 bits per heavy atom. The summed E-state index contributed by atoms with van der Waals surface area (Å²) >= 11 is 0. The molecule has 17 heavy (non-hydrogen) atoms. The van der Waals surface area contributed by atoms with Crippen LogP contribution < -0.4 is 0 Å². The number of aromatic nitrogens is 3. The van der Waals surface area contributed by atoms with Gasteiger partial charge in [0, 0.05) is 17.8 Å². The van der Waals surface area contributed by atoms with E-state index in [2.05, 4.69) is 9.97 Å². The van der Waals surface area contributed by atoms with Crippen molar-refractivity contribution >= 4 is 10.9 Å². The zero-order chi connectivity index (χ0) is 11.7. The molecule has 0 bridgehead atoms. The molecule has 0 unspecified atom stereocenters. The first-order valence-corrected chi connectivity index (χ1v) is 5.36. The highest BCUT2D eigenvalue weighted by molar-refractivity contribution is 5.84. The number of rotatable bonds is 2. The highest BCUT2D eigenvalue weighted by Crippen LogP contribution is 2.22. The molecule has 0 radical (unpaired) electrons. The van der Waals surface area contributed by atoms with Gasteiger partial charge in [0.2, 0.25) is 0 Å². The number of aliphatic hydroxyl groups excluding tert-OH is 1. The highest BCUT2D eigenvalue weighted by atomic mass is 16.3. The molecule has 0 saturated heterocycles. The van der Waals surface area contributed by atoms with Gasteiger partial charge in [0.15, 0.2) is 0 Å². The Kier molecular flexibility index (Phi) is 2.34. The van der Waals surface area contributed by atoms with Crippen LogP contribution in [0.1, 0.15) is 5.56 Å². The number of hydrogen-bond donors (Lipinski definition) is 1. The lowest BCUT2D eigenvalue weighted by Crippen LogP contribution is -1.95. The van der Waals surface area contributed by atoms with Gasteiger partial charge in [0.05, 0.1) is 12.1 Å². The molecule has 2 heterocycles. The van der Waals surface area contributed by atoms with Crippen LogP contribution in [0.4, 0.5) is 0 Å². The van der Waals surface area contributed by atoms with E-state index in [4.69, 9.17) is 0 Å². The molecule has 0 aliphatic carbocycles. The van der Waals surface area contributed by atoms with Gasteiger partial charge in [0.1, 0.15) is 12.1 Å². The fourth-order valence-electron chi connectivity index (χ4n) is 2.00. The van der Waals surface area contributed by atoms with Gasteiger partial charge in [-0.05, 0) is 23.8 Å². The molecular formula is C13H11N3O. The van der Waals surface area contributed by atoms with Gasteiger partial charge in [-0.2, -0.15) is 0 Å². The van der Waals surface area contributed by atoms with Crippen molar-refractivity contribution in [3.8, 4) is 5.82 Å². The van der Waals surface area contributed by atoms with Crippen molar-refractivity contribution in [3.63, 3.8) is 0 Å². The maximum absolute atomic E-state index is 9.28. The molecule has 1 aromatic carbocycles. The quantitative estimate of drug-likeness (QED) is 0.724. The Balaban J connectivity index is 2.26. The van der Waals surface area contributed by atoms with Crippen LogP contribution in [0.3, 0.4) is 0 Å². The van der Waals surface area contributed by atoms with Gasteiger partial charge in [-0.3, -0.25) is 0 Å².